The van der Waals surface area contributed by atoms with Gasteiger partial charge in [0.15, 0.2) is 0 Å². The number of amides is 1. The molecule has 1 heterocycles. The van der Waals surface area contributed by atoms with Crippen LogP contribution in [0.2, 0.25) is 5.02 Å². The van der Waals surface area contributed by atoms with Crippen LogP contribution in [0.4, 0.5) is 4.39 Å². The fraction of sp³-hybridized carbons (Fsp3) is 0.435. The first kappa shape index (κ1) is 20.3. The molecular formula is C23H27ClFN3O. The lowest BCUT2D eigenvalue weighted by Gasteiger charge is -2.18. The Balaban J connectivity index is 1.20. The van der Waals surface area contributed by atoms with Gasteiger partial charge in [0, 0.05) is 36.6 Å². The molecule has 1 aliphatic heterocycles. The number of carbonyl (C=O) groups is 1. The smallest absolute Gasteiger partial charge is 0.226 e. The molecule has 0 aromatic heterocycles. The van der Waals surface area contributed by atoms with Crippen LogP contribution < -0.4 is 10.9 Å². The number of hydrogen-bond donors (Lipinski definition) is 2. The molecule has 0 bridgehead atoms. The fourth-order valence-corrected chi connectivity index (χ4v) is 4.56. The molecule has 2 aromatic rings. The molecule has 4 atom stereocenters. The summed E-state index contributed by atoms with van der Waals surface area (Å²) in [5.74, 6) is 0.331. The van der Waals surface area contributed by atoms with E-state index < -0.39 is 0 Å². The maximum absolute atomic E-state index is 13.1. The Morgan fingerprint density at radius 3 is 2.66 bits per heavy atom. The van der Waals surface area contributed by atoms with Gasteiger partial charge in [-0.15, -0.1) is 0 Å². The van der Waals surface area contributed by atoms with E-state index in [1.165, 1.54) is 12.1 Å². The van der Waals surface area contributed by atoms with Gasteiger partial charge in [-0.25, -0.2) is 4.39 Å². The summed E-state index contributed by atoms with van der Waals surface area (Å²) in [4.78, 5) is 14.6. The first-order valence-corrected chi connectivity index (χ1v) is 10.7. The molecule has 2 aromatic carbocycles. The predicted molar refractivity (Wildman–Crippen MR) is 113 cm³/mol. The molecular weight excluding hydrogens is 389 g/mol. The van der Waals surface area contributed by atoms with Gasteiger partial charge in [0.25, 0.3) is 0 Å². The zero-order chi connectivity index (χ0) is 20.4. The van der Waals surface area contributed by atoms with Crippen molar-refractivity contribution < 1.29 is 9.18 Å². The highest BCUT2D eigenvalue weighted by atomic mass is 35.5. The monoisotopic (exact) mass is 415 g/mol. The van der Waals surface area contributed by atoms with E-state index in [-0.39, 0.29) is 29.6 Å². The number of nitrogens with zero attached hydrogens (tertiary/aromatic N) is 1. The second-order valence-electron chi connectivity index (χ2n) is 8.20. The third-order valence-corrected chi connectivity index (χ3v) is 6.43. The second kappa shape index (κ2) is 8.82. The molecule has 6 heteroatoms. The topological polar surface area (TPSA) is 44.4 Å². The molecule has 4 unspecified atom stereocenters. The quantitative estimate of drug-likeness (QED) is 0.703. The van der Waals surface area contributed by atoms with Crippen LogP contribution >= 0.6 is 11.6 Å². The molecule has 1 aliphatic carbocycles. The van der Waals surface area contributed by atoms with Crippen LogP contribution in [0.25, 0.3) is 0 Å². The maximum Gasteiger partial charge on any atom is 0.226 e. The number of hydrogen-bond acceptors (Lipinski definition) is 3. The van der Waals surface area contributed by atoms with Crippen molar-refractivity contribution in [2.45, 2.75) is 43.7 Å². The Bertz CT molecular complexity index is 859. The second-order valence-corrected chi connectivity index (χ2v) is 8.60. The van der Waals surface area contributed by atoms with Gasteiger partial charge >= 0.3 is 0 Å². The van der Waals surface area contributed by atoms with E-state index in [1.807, 2.05) is 48.3 Å². The molecule has 154 valence electrons. The minimum Gasteiger partial charge on any atom is -0.346 e. The third-order valence-electron chi connectivity index (χ3n) is 6.09. The zero-order valence-corrected chi connectivity index (χ0v) is 17.3. The number of halogens is 2. The van der Waals surface area contributed by atoms with Crippen molar-refractivity contribution in [3.05, 3.63) is 70.5 Å². The summed E-state index contributed by atoms with van der Waals surface area (Å²) >= 11 is 6.27. The lowest BCUT2D eigenvalue weighted by Crippen LogP contribution is -2.33. The standard InChI is InChI=1S/C23H27ClFN3O/c1-28(23(29)20-14-19(20)18-6-2-3-7-21(18)24)12-4-5-17-13-22(27-26-17)15-8-10-16(25)11-9-15/h2-3,6-11,17,19-20,22,26-27H,4-5,12-14H2,1H3. The molecule has 29 heavy (non-hydrogen) atoms. The van der Waals surface area contributed by atoms with Crippen LogP contribution in [0.15, 0.2) is 48.5 Å². The summed E-state index contributed by atoms with van der Waals surface area (Å²) in [5, 5.41) is 0.756. The third kappa shape index (κ3) is 4.80. The van der Waals surface area contributed by atoms with Crippen molar-refractivity contribution in [1.29, 1.82) is 0 Å². The fourth-order valence-electron chi connectivity index (χ4n) is 4.28. The highest BCUT2D eigenvalue weighted by Crippen LogP contribution is 2.50. The van der Waals surface area contributed by atoms with Gasteiger partial charge in [-0.3, -0.25) is 15.6 Å². The predicted octanol–water partition coefficient (Wildman–Crippen LogP) is 4.43. The van der Waals surface area contributed by atoms with Crippen LogP contribution in [0.1, 0.15) is 48.8 Å². The average molecular weight is 416 g/mol. The van der Waals surface area contributed by atoms with Crippen LogP contribution in [0.3, 0.4) is 0 Å². The van der Waals surface area contributed by atoms with Crippen molar-refractivity contribution in [3.8, 4) is 0 Å². The SMILES string of the molecule is CN(CCCC1CC(c2ccc(F)cc2)NN1)C(=O)C1CC1c1ccccc1Cl. The van der Waals surface area contributed by atoms with Gasteiger partial charge in [-0.1, -0.05) is 41.9 Å². The number of nitrogens with one attached hydrogen (secondary N) is 2. The van der Waals surface area contributed by atoms with Gasteiger partial charge in [0.05, 0.1) is 0 Å². The molecule has 4 nitrogen and oxygen atoms in total. The lowest BCUT2D eigenvalue weighted by molar-refractivity contribution is -0.131. The molecule has 0 spiro atoms. The molecule has 1 saturated carbocycles. The summed E-state index contributed by atoms with van der Waals surface area (Å²) in [6, 6.07) is 15.0. The van der Waals surface area contributed by atoms with E-state index in [1.54, 1.807) is 0 Å². The average Bonchev–Trinajstić information content (AvgIpc) is 3.37. The van der Waals surface area contributed by atoms with Gasteiger partial charge in [0.1, 0.15) is 5.82 Å². The molecule has 0 radical (unpaired) electrons. The van der Waals surface area contributed by atoms with E-state index in [0.717, 1.165) is 48.4 Å². The largest absolute Gasteiger partial charge is 0.346 e. The van der Waals surface area contributed by atoms with Crippen molar-refractivity contribution >= 4 is 17.5 Å². The molecule has 4 rings (SSSR count). The van der Waals surface area contributed by atoms with E-state index in [0.29, 0.717) is 6.04 Å². The maximum atomic E-state index is 13.1. The minimum atomic E-state index is -0.212. The Labute approximate surface area is 176 Å². The summed E-state index contributed by atoms with van der Waals surface area (Å²) in [7, 11) is 1.89. The van der Waals surface area contributed by atoms with Crippen LogP contribution in [-0.2, 0) is 4.79 Å². The molecule has 1 saturated heterocycles. The van der Waals surface area contributed by atoms with E-state index in [4.69, 9.17) is 11.6 Å². The van der Waals surface area contributed by atoms with Crippen LogP contribution in [-0.4, -0.2) is 30.4 Å². The summed E-state index contributed by atoms with van der Waals surface area (Å²) in [6.07, 6.45) is 3.78. The zero-order valence-electron chi connectivity index (χ0n) is 16.6. The minimum absolute atomic E-state index is 0.0639. The summed E-state index contributed by atoms with van der Waals surface area (Å²) in [6.45, 7) is 0.754. The van der Waals surface area contributed by atoms with Crippen molar-refractivity contribution in [1.82, 2.24) is 15.8 Å². The van der Waals surface area contributed by atoms with E-state index >= 15 is 0 Å². The number of rotatable bonds is 7. The first-order chi connectivity index (χ1) is 14.0. The normalized spacial score (nSPS) is 25.8. The highest BCUT2D eigenvalue weighted by Gasteiger charge is 2.45. The Morgan fingerprint density at radius 1 is 1.14 bits per heavy atom. The summed E-state index contributed by atoms with van der Waals surface area (Å²) < 4.78 is 13.1. The Kier molecular flexibility index (Phi) is 6.18. The van der Waals surface area contributed by atoms with Crippen LogP contribution in [0, 0.1) is 11.7 Å². The first-order valence-electron chi connectivity index (χ1n) is 10.3. The lowest BCUT2D eigenvalue weighted by atomic mass is 9.99. The van der Waals surface area contributed by atoms with Gasteiger partial charge in [0.2, 0.25) is 5.91 Å². The van der Waals surface area contributed by atoms with Crippen molar-refractivity contribution in [2.75, 3.05) is 13.6 Å². The van der Waals surface area contributed by atoms with Crippen molar-refractivity contribution in [2.24, 2.45) is 5.92 Å². The molecule has 1 amide bonds. The number of benzene rings is 2. The highest BCUT2D eigenvalue weighted by molar-refractivity contribution is 6.31. The van der Waals surface area contributed by atoms with Crippen LogP contribution in [0.5, 0.6) is 0 Å². The molecule has 2 N–H and O–H groups in total. The van der Waals surface area contributed by atoms with E-state index in [9.17, 15) is 9.18 Å². The molecule has 2 fully saturated rings. The number of hydrazine groups is 1. The van der Waals surface area contributed by atoms with Gasteiger partial charge < -0.3 is 4.90 Å². The number of carbonyl (C=O) groups excluding carboxylic acids is 1. The Morgan fingerprint density at radius 2 is 1.90 bits per heavy atom. The van der Waals surface area contributed by atoms with E-state index in [2.05, 4.69) is 10.9 Å². The molecule has 2 aliphatic rings. The van der Waals surface area contributed by atoms with Gasteiger partial charge in [-0.05, 0) is 60.9 Å². The summed E-state index contributed by atoms with van der Waals surface area (Å²) in [5.41, 5.74) is 8.81. The van der Waals surface area contributed by atoms with Gasteiger partial charge in [-0.2, -0.15) is 0 Å². The Hall–Kier alpha value is -1.95. The van der Waals surface area contributed by atoms with Crippen molar-refractivity contribution in [3.63, 3.8) is 0 Å².